The zero-order valence-corrected chi connectivity index (χ0v) is 14.5. The summed E-state index contributed by atoms with van der Waals surface area (Å²) in [6.07, 6.45) is 0.941. The van der Waals surface area contributed by atoms with Gasteiger partial charge in [0.1, 0.15) is 22.8 Å². The summed E-state index contributed by atoms with van der Waals surface area (Å²) in [5.41, 5.74) is 4.94. The SMILES string of the molecule is CCCOc1cccc(Oc2ccc(NC(=O)[C@@](C)(N)CO)cc2)c1. The van der Waals surface area contributed by atoms with Gasteiger partial charge in [-0.1, -0.05) is 13.0 Å². The first-order chi connectivity index (χ1) is 11.9. The standard InChI is InChI=1S/C19H24N2O4/c1-3-11-24-16-5-4-6-17(12-16)25-15-9-7-14(8-10-15)21-18(23)19(2,20)13-22/h4-10,12,22H,3,11,13,20H2,1-2H3,(H,21,23)/t19-/m0/s1. The zero-order chi connectivity index (χ0) is 18.3. The molecular weight excluding hydrogens is 320 g/mol. The summed E-state index contributed by atoms with van der Waals surface area (Å²) in [5, 5.41) is 11.8. The number of aliphatic hydroxyl groups is 1. The van der Waals surface area contributed by atoms with Crippen molar-refractivity contribution in [2.75, 3.05) is 18.5 Å². The van der Waals surface area contributed by atoms with E-state index in [4.69, 9.17) is 20.3 Å². The van der Waals surface area contributed by atoms with Crippen LogP contribution in [0.1, 0.15) is 20.3 Å². The van der Waals surface area contributed by atoms with Crippen LogP contribution in [0, 0.1) is 0 Å². The zero-order valence-electron chi connectivity index (χ0n) is 14.5. The summed E-state index contributed by atoms with van der Waals surface area (Å²) in [6.45, 7) is 3.74. The minimum atomic E-state index is -1.33. The van der Waals surface area contributed by atoms with Crippen LogP contribution in [0.2, 0.25) is 0 Å². The van der Waals surface area contributed by atoms with Gasteiger partial charge in [0.15, 0.2) is 0 Å². The number of rotatable bonds is 8. The topological polar surface area (TPSA) is 93.8 Å². The van der Waals surface area contributed by atoms with E-state index in [9.17, 15) is 4.79 Å². The molecule has 0 heterocycles. The van der Waals surface area contributed by atoms with Gasteiger partial charge in [0.05, 0.1) is 13.2 Å². The molecule has 0 saturated carbocycles. The summed E-state index contributed by atoms with van der Waals surface area (Å²) in [7, 11) is 0. The molecule has 6 nitrogen and oxygen atoms in total. The summed E-state index contributed by atoms with van der Waals surface area (Å²) >= 11 is 0. The number of nitrogens with two attached hydrogens (primary N) is 1. The third kappa shape index (κ3) is 5.48. The second-order valence-corrected chi connectivity index (χ2v) is 5.98. The van der Waals surface area contributed by atoms with Gasteiger partial charge < -0.3 is 25.6 Å². The van der Waals surface area contributed by atoms with Gasteiger partial charge >= 0.3 is 0 Å². The minimum absolute atomic E-state index is 0.434. The molecule has 134 valence electrons. The van der Waals surface area contributed by atoms with Gasteiger partial charge in [0.2, 0.25) is 5.91 Å². The normalized spacial score (nSPS) is 13.0. The van der Waals surface area contributed by atoms with Crippen molar-refractivity contribution in [1.82, 2.24) is 0 Å². The molecule has 0 spiro atoms. The molecule has 0 saturated heterocycles. The van der Waals surface area contributed by atoms with E-state index >= 15 is 0 Å². The number of carbonyl (C=O) groups is 1. The molecule has 1 amide bonds. The van der Waals surface area contributed by atoms with E-state index in [2.05, 4.69) is 12.2 Å². The maximum absolute atomic E-state index is 11.9. The van der Waals surface area contributed by atoms with E-state index in [1.54, 1.807) is 24.3 Å². The Bertz CT molecular complexity index is 699. The number of ether oxygens (including phenoxy) is 2. The predicted octanol–water partition coefficient (Wildman–Crippen LogP) is 2.92. The number of carbonyl (C=O) groups excluding carboxylic acids is 1. The van der Waals surface area contributed by atoms with Crippen molar-refractivity contribution in [3.05, 3.63) is 48.5 Å². The Morgan fingerprint density at radius 1 is 1.16 bits per heavy atom. The lowest BCUT2D eigenvalue weighted by Crippen LogP contribution is -2.51. The molecule has 0 aliphatic heterocycles. The molecule has 2 rings (SSSR count). The van der Waals surface area contributed by atoms with Crippen LogP contribution in [-0.2, 0) is 4.79 Å². The van der Waals surface area contributed by atoms with Crippen molar-refractivity contribution >= 4 is 11.6 Å². The van der Waals surface area contributed by atoms with Crippen LogP contribution in [0.25, 0.3) is 0 Å². The van der Waals surface area contributed by atoms with Gasteiger partial charge in [-0.25, -0.2) is 0 Å². The molecular formula is C19H24N2O4. The molecule has 0 unspecified atom stereocenters. The predicted molar refractivity (Wildman–Crippen MR) is 97.1 cm³/mol. The lowest BCUT2D eigenvalue weighted by atomic mass is 10.0. The highest BCUT2D eigenvalue weighted by molar-refractivity contribution is 5.97. The van der Waals surface area contributed by atoms with E-state index in [1.807, 2.05) is 24.3 Å². The lowest BCUT2D eigenvalue weighted by Gasteiger charge is -2.20. The number of hydrogen-bond acceptors (Lipinski definition) is 5. The molecule has 0 fully saturated rings. The molecule has 4 N–H and O–H groups in total. The van der Waals surface area contributed by atoms with Gasteiger partial charge in [0.25, 0.3) is 0 Å². The minimum Gasteiger partial charge on any atom is -0.493 e. The van der Waals surface area contributed by atoms with E-state index in [-0.39, 0.29) is 0 Å². The fourth-order valence-corrected chi connectivity index (χ4v) is 1.94. The maximum Gasteiger partial charge on any atom is 0.246 e. The first-order valence-corrected chi connectivity index (χ1v) is 8.16. The molecule has 0 radical (unpaired) electrons. The van der Waals surface area contributed by atoms with Crippen LogP contribution in [-0.4, -0.2) is 29.8 Å². The Labute approximate surface area is 147 Å². The van der Waals surface area contributed by atoms with Crippen LogP contribution >= 0.6 is 0 Å². The van der Waals surface area contributed by atoms with Gasteiger partial charge in [-0.3, -0.25) is 4.79 Å². The Kier molecular flexibility index (Phi) is 6.38. The van der Waals surface area contributed by atoms with Crippen LogP contribution in [0.15, 0.2) is 48.5 Å². The number of amides is 1. The average Bonchev–Trinajstić information content (AvgIpc) is 2.62. The van der Waals surface area contributed by atoms with Gasteiger partial charge in [-0.15, -0.1) is 0 Å². The molecule has 2 aromatic rings. The van der Waals surface area contributed by atoms with Crippen molar-refractivity contribution in [3.63, 3.8) is 0 Å². The summed E-state index contributed by atoms with van der Waals surface area (Å²) in [4.78, 5) is 11.9. The van der Waals surface area contributed by atoms with Gasteiger partial charge in [-0.05, 0) is 49.7 Å². The Morgan fingerprint density at radius 2 is 1.84 bits per heavy atom. The van der Waals surface area contributed by atoms with Crippen molar-refractivity contribution < 1.29 is 19.4 Å². The molecule has 0 bridgehead atoms. The molecule has 6 heteroatoms. The van der Waals surface area contributed by atoms with Crippen molar-refractivity contribution in [2.24, 2.45) is 5.73 Å². The molecule has 0 aliphatic carbocycles. The largest absolute Gasteiger partial charge is 0.493 e. The summed E-state index contributed by atoms with van der Waals surface area (Å²) in [5.74, 6) is 1.60. The Morgan fingerprint density at radius 3 is 2.48 bits per heavy atom. The van der Waals surface area contributed by atoms with E-state index in [0.29, 0.717) is 23.8 Å². The lowest BCUT2D eigenvalue weighted by molar-refractivity contribution is -0.121. The summed E-state index contributed by atoms with van der Waals surface area (Å²) < 4.78 is 11.4. The molecule has 0 aromatic heterocycles. The van der Waals surface area contributed by atoms with Crippen LogP contribution in [0.3, 0.4) is 0 Å². The Hall–Kier alpha value is -2.57. The van der Waals surface area contributed by atoms with E-state index in [0.717, 1.165) is 12.2 Å². The molecule has 2 aromatic carbocycles. The monoisotopic (exact) mass is 344 g/mol. The first kappa shape index (κ1) is 18.8. The number of anilines is 1. The third-order valence-electron chi connectivity index (χ3n) is 3.47. The maximum atomic E-state index is 11.9. The highest BCUT2D eigenvalue weighted by atomic mass is 16.5. The average molecular weight is 344 g/mol. The van der Waals surface area contributed by atoms with Crippen molar-refractivity contribution in [1.29, 1.82) is 0 Å². The van der Waals surface area contributed by atoms with E-state index < -0.39 is 18.1 Å². The smallest absolute Gasteiger partial charge is 0.246 e. The number of nitrogens with one attached hydrogen (secondary N) is 1. The van der Waals surface area contributed by atoms with E-state index in [1.165, 1.54) is 6.92 Å². The van der Waals surface area contributed by atoms with Crippen LogP contribution in [0.5, 0.6) is 17.2 Å². The molecule has 25 heavy (non-hydrogen) atoms. The number of aliphatic hydroxyl groups excluding tert-OH is 1. The van der Waals surface area contributed by atoms with Gasteiger partial charge in [0, 0.05) is 11.8 Å². The third-order valence-corrected chi connectivity index (χ3v) is 3.47. The quantitative estimate of drug-likeness (QED) is 0.684. The molecule has 0 aliphatic rings. The second kappa shape index (κ2) is 8.50. The second-order valence-electron chi connectivity index (χ2n) is 5.98. The fourth-order valence-electron chi connectivity index (χ4n) is 1.94. The number of benzene rings is 2. The Balaban J connectivity index is 2.00. The summed E-state index contributed by atoms with van der Waals surface area (Å²) in [6, 6.07) is 14.3. The van der Waals surface area contributed by atoms with Crippen LogP contribution < -0.4 is 20.5 Å². The van der Waals surface area contributed by atoms with Gasteiger partial charge in [-0.2, -0.15) is 0 Å². The van der Waals surface area contributed by atoms with Crippen LogP contribution in [0.4, 0.5) is 5.69 Å². The highest BCUT2D eigenvalue weighted by Crippen LogP contribution is 2.26. The first-order valence-electron chi connectivity index (χ1n) is 8.16. The van der Waals surface area contributed by atoms with Crippen molar-refractivity contribution in [2.45, 2.75) is 25.8 Å². The molecule has 1 atom stereocenters. The van der Waals surface area contributed by atoms with Crippen molar-refractivity contribution in [3.8, 4) is 17.2 Å². The number of hydrogen-bond donors (Lipinski definition) is 3. The highest BCUT2D eigenvalue weighted by Gasteiger charge is 2.27. The fraction of sp³-hybridized carbons (Fsp3) is 0.316.